The van der Waals surface area contributed by atoms with E-state index in [1.807, 2.05) is 19.1 Å². The van der Waals surface area contributed by atoms with Crippen molar-refractivity contribution in [3.05, 3.63) is 34.3 Å². The Morgan fingerprint density at radius 2 is 2.16 bits per heavy atom. The number of hydrogen-bond acceptors (Lipinski definition) is 3. The fourth-order valence-electron chi connectivity index (χ4n) is 1.42. The quantitative estimate of drug-likeness (QED) is 0.587. The molecule has 0 aliphatic carbocycles. The van der Waals surface area contributed by atoms with Crippen molar-refractivity contribution in [3.8, 4) is 5.75 Å². The molecule has 19 heavy (non-hydrogen) atoms. The Balaban J connectivity index is 2.66. The third kappa shape index (κ3) is 5.89. The summed E-state index contributed by atoms with van der Waals surface area (Å²) in [6.07, 6.45) is 3.57. The summed E-state index contributed by atoms with van der Waals surface area (Å²) in [7, 11) is 0. The molecule has 1 aromatic carbocycles. The van der Waals surface area contributed by atoms with E-state index in [2.05, 4.69) is 15.9 Å². The molecule has 0 heterocycles. The number of rotatable bonds is 8. The first-order valence-corrected chi connectivity index (χ1v) is 6.84. The Kier molecular flexibility index (Phi) is 7.22. The fraction of sp³-hybridized carbons (Fsp3) is 0.357. The summed E-state index contributed by atoms with van der Waals surface area (Å²) in [5, 5.41) is 8.65. The lowest BCUT2D eigenvalue weighted by Gasteiger charge is -2.11. The van der Waals surface area contributed by atoms with Crippen molar-refractivity contribution in [3.63, 3.8) is 0 Å². The summed E-state index contributed by atoms with van der Waals surface area (Å²) < 4.78 is 11.7. The minimum atomic E-state index is -0.989. The smallest absolute Gasteiger partial charge is 0.328 e. The number of carboxylic acids is 1. The van der Waals surface area contributed by atoms with Gasteiger partial charge >= 0.3 is 5.97 Å². The molecule has 1 aromatic rings. The van der Waals surface area contributed by atoms with Gasteiger partial charge in [0.05, 0.1) is 11.1 Å². The molecule has 0 amide bonds. The van der Waals surface area contributed by atoms with E-state index >= 15 is 0 Å². The molecule has 0 atom stereocenters. The summed E-state index contributed by atoms with van der Waals surface area (Å²) in [4.78, 5) is 10.5. The summed E-state index contributed by atoms with van der Waals surface area (Å²) in [6.45, 7) is 3.70. The molecule has 1 rings (SSSR count). The van der Waals surface area contributed by atoms with Gasteiger partial charge in [-0.3, -0.25) is 0 Å². The molecule has 0 spiro atoms. The molecular weight excluding hydrogens is 312 g/mol. The number of para-hydroxylation sites is 1. The van der Waals surface area contributed by atoms with Gasteiger partial charge in [0.2, 0.25) is 0 Å². The summed E-state index contributed by atoms with van der Waals surface area (Å²) in [5.41, 5.74) is 0.715. The van der Waals surface area contributed by atoms with Gasteiger partial charge in [-0.05, 0) is 34.5 Å². The van der Waals surface area contributed by atoms with Crippen LogP contribution in [-0.4, -0.2) is 30.9 Å². The summed E-state index contributed by atoms with van der Waals surface area (Å²) in [6, 6.07) is 5.47. The number of carboxylic acid groups (broad SMARTS) is 1. The van der Waals surface area contributed by atoms with Crippen molar-refractivity contribution < 1.29 is 19.4 Å². The van der Waals surface area contributed by atoms with E-state index in [1.165, 1.54) is 6.08 Å². The van der Waals surface area contributed by atoms with Gasteiger partial charge in [0.25, 0.3) is 0 Å². The molecule has 5 heteroatoms. The highest BCUT2D eigenvalue weighted by molar-refractivity contribution is 9.10. The summed E-state index contributed by atoms with van der Waals surface area (Å²) >= 11 is 3.39. The topological polar surface area (TPSA) is 55.8 Å². The molecular formula is C14H17BrO4. The average Bonchev–Trinajstić information content (AvgIpc) is 2.38. The van der Waals surface area contributed by atoms with Crippen LogP contribution in [0.4, 0.5) is 0 Å². The van der Waals surface area contributed by atoms with Crippen LogP contribution in [0.25, 0.3) is 6.08 Å². The van der Waals surface area contributed by atoms with Gasteiger partial charge in [0, 0.05) is 18.2 Å². The lowest BCUT2D eigenvalue weighted by Crippen LogP contribution is -2.08. The second kappa shape index (κ2) is 8.72. The van der Waals surface area contributed by atoms with E-state index in [9.17, 15) is 4.79 Å². The van der Waals surface area contributed by atoms with E-state index in [0.717, 1.165) is 17.0 Å². The van der Waals surface area contributed by atoms with Crippen molar-refractivity contribution in [2.24, 2.45) is 0 Å². The van der Waals surface area contributed by atoms with Crippen LogP contribution in [0.15, 0.2) is 28.7 Å². The number of halogens is 1. The Morgan fingerprint density at radius 1 is 1.37 bits per heavy atom. The van der Waals surface area contributed by atoms with Crippen molar-refractivity contribution in [2.45, 2.75) is 13.3 Å². The number of carbonyl (C=O) groups is 1. The van der Waals surface area contributed by atoms with Gasteiger partial charge in [-0.15, -0.1) is 0 Å². The van der Waals surface area contributed by atoms with E-state index in [-0.39, 0.29) is 0 Å². The monoisotopic (exact) mass is 328 g/mol. The summed E-state index contributed by atoms with van der Waals surface area (Å²) in [5.74, 6) is -0.364. The Hall–Kier alpha value is -1.33. The van der Waals surface area contributed by atoms with Gasteiger partial charge in [0.1, 0.15) is 12.4 Å². The molecule has 1 N–H and O–H groups in total. The first-order valence-electron chi connectivity index (χ1n) is 6.05. The molecule has 0 aromatic heterocycles. The van der Waals surface area contributed by atoms with E-state index < -0.39 is 5.97 Å². The zero-order valence-electron chi connectivity index (χ0n) is 10.8. The van der Waals surface area contributed by atoms with Crippen molar-refractivity contribution in [2.75, 3.05) is 19.8 Å². The SMILES string of the molecule is CCCOCCOc1c(Br)cccc1/C=C/C(=O)O. The molecule has 0 saturated heterocycles. The fourth-order valence-corrected chi connectivity index (χ4v) is 1.92. The highest BCUT2D eigenvalue weighted by Crippen LogP contribution is 2.30. The van der Waals surface area contributed by atoms with Gasteiger partial charge < -0.3 is 14.6 Å². The van der Waals surface area contributed by atoms with Gasteiger partial charge in [-0.2, -0.15) is 0 Å². The van der Waals surface area contributed by atoms with E-state index in [0.29, 0.717) is 31.1 Å². The van der Waals surface area contributed by atoms with Crippen LogP contribution in [0.3, 0.4) is 0 Å². The van der Waals surface area contributed by atoms with Crippen LogP contribution >= 0.6 is 15.9 Å². The Bertz CT molecular complexity index is 443. The zero-order valence-corrected chi connectivity index (χ0v) is 12.4. The normalized spacial score (nSPS) is 10.8. The minimum Gasteiger partial charge on any atom is -0.489 e. The lowest BCUT2D eigenvalue weighted by atomic mass is 10.2. The second-order valence-electron chi connectivity index (χ2n) is 3.79. The number of hydrogen-bond donors (Lipinski definition) is 1. The predicted octanol–water partition coefficient (Wildman–Crippen LogP) is 3.35. The molecule has 0 fully saturated rings. The molecule has 4 nitrogen and oxygen atoms in total. The molecule has 0 saturated carbocycles. The molecule has 0 aliphatic rings. The van der Waals surface area contributed by atoms with Crippen molar-refractivity contribution in [1.29, 1.82) is 0 Å². The van der Waals surface area contributed by atoms with Crippen LogP contribution in [-0.2, 0) is 9.53 Å². The zero-order chi connectivity index (χ0) is 14.1. The van der Waals surface area contributed by atoms with Crippen LogP contribution in [0.2, 0.25) is 0 Å². The van der Waals surface area contributed by atoms with Gasteiger partial charge in [0.15, 0.2) is 0 Å². The van der Waals surface area contributed by atoms with Crippen LogP contribution in [0, 0.1) is 0 Å². The van der Waals surface area contributed by atoms with Gasteiger partial charge in [-0.1, -0.05) is 19.1 Å². The largest absolute Gasteiger partial charge is 0.489 e. The maximum Gasteiger partial charge on any atom is 0.328 e. The van der Waals surface area contributed by atoms with E-state index in [4.69, 9.17) is 14.6 Å². The highest BCUT2D eigenvalue weighted by Gasteiger charge is 2.06. The van der Waals surface area contributed by atoms with Crippen LogP contribution in [0.5, 0.6) is 5.75 Å². The van der Waals surface area contributed by atoms with E-state index in [1.54, 1.807) is 6.07 Å². The van der Waals surface area contributed by atoms with Crippen molar-refractivity contribution >= 4 is 28.0 Å². The Morgan fingerprint density at radius 3 is 2.84 bits per heavy atom. The standard InChI is InChI=1S/C14H17BrO4/c1-2-8-18-9-10-19-14-11(6-7-13(16)17)4-3-5-12(14)15/h3-7H,2,8-10H2,1H3,(H,16,17)/b7-6+. The molecule has 0 bridgehead atoms. The third-order valence-electron chi connectivity index (χ3n) is 2.23. The lowest BCUT2D eigenvalue weighted by molar-refractivity contribution is -0.131. The first kappa shape index (κ1) is 15.7. The Labute approximate surface area is 121 Å². The van der Waals surface area contributed by atoms with Crippen LogP contribution in [0.1, 0.15) is 18.9 Å². The van der Waals surface area contributed by atoms with Crippen LogP contribution < -0.4 is 4.74 Å². The molecule has 0 unspecified atom stereocenters. The maximum absolute atomic E-state index is 10.5. The number of aliphatic carboxylic acids is 1. The average molecular weight is 329 g/mol. The number of ether oxygens (including phenoxy) is 2. The molecule has 104 valence electrons. The predicted molar refractivity (Wildman–Crippen MR) is 77.4 cm³/mol. The minimum absolute atomic E-state index is 0.427. The highest BCUT2D eigenvalue weighted by atomic mass is 79.9. The first-order chi connectivity index (χ1) is 9.15. The third-order valence-corrected chi connectivity index (χ3v) is 2.85. The van der Waals surface area contributed by atoms with Gasteiger partial charge in [-0.25, -0.2) is 4.79 Å². The second-order valence-corrected chi connectivity index (χ2v) is 4.64. The number of benzene rings is 1. The molecule has 0 aliphatic heterocycles. The maximum atomic E-state index is 10.5. The molecule has 0 radical (unpaired) electrons. The van der Waals surface area contributed by atoms with Crippen molar-refractivity contribution in [1.82, 2.24) is 0 Å².